The summed E-state index contributed by atoms with van der Waals surface area (Å²) in [6.45, 7) is 2.76. The molecule has 0 radical (unpaired) electrons. The minimum Gasteiger partial charge on any atom is -0.337 e. The number of para-hydroxylation sites is 1. The molecular weight excluding hydrogens is 396 g/mol. The molecule has 3 rings (SSSR count). The number of amides is 1. The molecule has 0 N–H and O–H groups in total. The van der Waals surface area contributed by atoms with E-state index in [4.69, 9.17) is 0 Å². The Balaban J connectivity index is 1.71. The molecule has 0 aliphatic carbocycles. The summed E-state index contributed by atoms with van der Waals surface area (Å²) in [7, 11) is -1.66. The smallest absolute Gasteiger partial charge is 0.253 e. The van der Waals surface area contributed by atoms with Gasteiger partial charge in [0.2, 0.25) is 10.0 Å². The predicted octanol–water partition coefficient (Wildman–Crippen LogP) is 4.23. The van der Waals surface area contributed by atoms with Crippen LogP contribution in [0.25, 0.3) is 0 Å². The van der Waals surface area contributed by atoms with Crippen LogP contribution in [-0.2, 0) is 23.1 Å². The van der Waals surface area contributed by atoms with E-state index in [0.29, 0.717) is 17.8 Å². The molecule has 0 fully saturated rings. The number of anilines is 1. The number of hydrogen-bond donors (Lipinski definition) is 0. The van der Waals surface area contributed by atoms with Crippen LogP contribution in [0.2, 0.25) is 0 Å². The van der Waals surface area contributed by atoms with Crippen molar-refractivity contribution < 1.29 is 13.2 Å². The van der Waals surface area contributed by atoms with Gasteiger partial charge in [-0.15, -0.1) is 0 Å². The topological polar surface area (TPSA) is 57.7 Å². The van der Waals surface area contributed by atoms with Gasteiger partial charge in [-0.25, -0.2) is 8.42 Å². The van der Waals surface area contributed by atoms with Crippen LogP contribution < -0.4 is 4.31 Å². The Bertz CT molecular complexity index is 1090. The first kappa shape index (κ1) is 21.6. The summed E-state index contributed by atoms with van der Waals surface area (Å²) < 4.78 is 25.9. The fourth-order valence-electron chi connectivity index (χ4n) is 3.17. The Morgan fingerprint density at radius 1 is 0.800 bits per heavy atom. The van der Waals surface area contributed by atoms with Gasteiger partial charge in [-0.1, -0.05) is 60.2 Å². The summed E-state index contributed by atoms with van der Waals surface area (Å²) in [4.78, 5) is 14.4. The maximum Gasteiger partial charge on any atom is 0.253 e. The van der Waals surface area contributed by atoms with Crippen molar-refractivity contribution in [2.24, 2.45) is 0 Å². The van der Waals surface area contributed by atoms with Crippen molar-refractivity contribution in [3.8, 4) is 0 Å². The lowest BCUT2D eigenvalue weighted by molar-refractivity contribution is 0.0785. The van der Waals surface area contributed by atoms with Crippen LogP contribution in [0, 0.1) is 6.92 Å². The zero-order valence-electron chi connectivity index (χ0n) is 17.4. The molecule has 0 saturated carbocycles. The third-order valence-corrected chi connectivity index (χ3v) is 6.00. The average Bonchev–Trinajstić information content (AvgIpc) is 2.73. The monoisotopic (exact) mass is 422 g/mol. The molecule has 0 aliphatic rings. The van der Waals surface area contributed by atoms with E-state index in [-0.39, 0.29) is 12.5 Å². The standard InChI is InChI=1S/C24H26N2O3S/c1-19-9-11-20(12-10-19)17-25(2)24(27)22-15-13-21(14-16-22)18-26(30(3,28)29)23-7-5-4-6-8-23/h4-16H,17-18H2,1-3H3. The van der Waals surface area contributed by atoms with Crippen LogP contribution in [0.4, 0.5) is 5.69 Å². The van der Waals surface area contributed by atoms with Crippen molar-refractivity contribution in [2.45, 2.75) is 20.0 Å². The SMILES string of the molecule is Cc1ccc(CN(C)C(=O)c2ccc(CN(c3ccccc3)S(C)(=O)=O)cc2)cc1. The Hall–Kier alpha value is -3.12. The summed E-state index contributed by atoms with van der Waals surface area (Å²) in [5.74, 6) is -0.0786. The van der Waals surface area contributed by atoms with E-state index < -0.39 is 10.0 Å². The lowest BCUT2D eigenvalue weighted by atomic mass is 10.1. The van der Waals surface area contributed by atoms with Gasteiger partial charge in [-0.2, -0.15) is 0 Å². The molecule has 156 valence electrons. The molecule has 1 amide bonds. The maximum absolute atomic E-state index is 12.7. The van der Waals surface area contributed by atoms with E-state index in [2.05, 4.69) is 0 Å². The third kappa shape index (κ3) is 5.48. The van der Waals surface area contributed by atoms with Gasteiger partial charge >= 0.3 is 0 Å². The fraction of sp³-hybridized carbons (Fsp3) is 0.208. The predicted molar refractivity (Wildman–Crippen MR) is 121 cm³/mol. The molecule has 0 spiro atoms. The first-order valence-corrected chi connectivity index (χ1v) is 11.5. The van der Waals surface area contributed by atoms with Crippen molar-refractivity contribution in [2.75, 3.05) is 17.6 Å². The molecule has 0 saturated heterocycles. The van der Waals surface area contributed by atoms with E-state index >= 15 is 0 Å². The molecule has 0 aliphatic heterocycles. The van der Waals surface area contributed by atoms with Crippen LogP contribution >= 0.6 is 0 Å². The normalized spacial score (nSPS) is 11.2. The van der Waals surface area contributed by atoms with Crippen LogP contribution in [0.3, 0.4) is 0 Å². The highest BCUT2D eigenvalue weighted by molar-refractivity contribution is 7.92. The van der Waals surface area contributed by atoms with Gasteiger partial charge in [0.05, 0.1) is 18.5 Å². The number of hydrogen-bond acceptors (Lipinski definition) is 3. The van der Waals surface area contributed by atoms with Gasteiger partial charge in [0.25, 0.3) is 5.91 Å². The molecule has 0 aromatic heterocycles. The molecule has 0 bridgehead atoms. The average molecular weight is 423 g/mol. The van der Waals surface area contributed by atoms with E-state index in [1.54, 1.807) is 60.5 Å². The first-order valence-electron chi connectivity index (χ1n) is 9.67. The minimum absolute atomic E-state index is 0.0786. The molecule has 5 nitrogen and oxygen atoms in total. The molecular formula is C24H26N2O3S. The van der Waals surface area contributed by atoms with Crippen molar-refractivity contribution in [3.63, 3.8) is 0 Å². The molecule has 6 heteroatoms. The molecule has 3 aromatic rings. The highest BCUT2D eigenvalue weighted by atomic mass is 32.2. The van der Waals surface area contributed by atoms with Crippen molar-refractivity contribution in [1.29, 1.82) is 0 Å². The minimum atomic E-state index is -3.44. The lowest BCUT2D eigenvalue weighted by Gasteiger charge is -2.23. The van der Waals surface area contributed by atoms with Gasteiger partial charge in [0, 0.05) is 19.2 Å². The Morgan fingerprint density at radius 2 is 1.33 bits per heavy atom. The van der Waals surface area contributed by atoms with Crippen LogP contribution in [0.1, 0.15) is 27.0 Å². The molecule has 0 heterocycles. The molecule has 0 atom stereocenters. The van der Waals surface area contributed by atoms with E-state index in [9.17, 15) is 13.2 Å². The van der Waals surface area contributed by atoms with Crippen LogP contribution in [-0.4, -0.2) is 32.5 Å². The highest BCUT2D eigenvalue weighted by Gasteiger charge is 2.18. The second-order valence-electron chi connectivity index (χ2n) is 7.45. The van der Waals surface area contributed by atoms with Crippen LogP contribution in [0.15, 0.2) is 78.9 Å². The molecule has 30 heavy (non-hydrogen) atoms. The molecule has 0 unspecified atom stereocenters. The van der Waals surface area contributed by atoms with Gasteiger partial charge < -0.3 is 4.90 Å². The summed E-state index contributed by atoms with van der Waals surface area (Å²) in [6, 6.07) is 24.2. The first-order chi connectivity index (χ1) is 14.2. The Kier molecular flexibility index (Phi) is 6.57. The van der Waals surface area contributed by atoms with Gasteiger partial charge in [-0.3, -0.25) is 9.10 Å². The zero-order chi connectivity index (χ0) is 21.7. The highest BCUT2D eigenvalue weighted by Crippen LogP contribution is 2.20. The summed E-state index contributed by atoms with van der Waals surface area (Å²) >= 11 is 0. The Labute approximate surface area is 178 Å². The second kappa shape index (κ2) is 9.13. The number of sulfonamides is 1. The summed E-state index contributed by atoms with van der Waals surface area (Å²) in [5.41, 5.74) is 4.24. The third-order valence-electron chi connectivity index (χ3n) is 4.86. The number of rotatable bonds is 7. The lowest BCUT2D eigenvalue weighted by Crippen LogP contribution is -2.29. The molecule has 3 aromatic carbocycles. The van der Waals surface area contributed by atoms with Gasteiger partial charge in [0.1, 0.15) is 0 Å². The van der Waals surface area contributed by atoms with Crippen molar-refractivity contribution in [3.05, 3.63) is 101 Å². The second-order valence-corrected chi connectivity index (χ2v) is 9.36. The quantitative estimate of drug-likeness (QED) is 0.572. The number of carbonyl (C=O) groups excluding carboxylic acids is 1. The Morgan fingerprint density at radius 3 is 1.90 bits per heavy atom. The van der Waals surface area contributed by atoms with Crippen LogP contribution in [0.5, 0.6) is 0 Å². The van der Waals surface area contributed by atoms with Gasteiger partial charge in [-0.05, 0) is 42.3 Å². The maximum atomic E-state index is 12.7. The largest absolute Gasteiger partial charge is 0.337 e. The van der Waals surface area contributed by atoms with Crippen molar-refractivity contribution in [1.82, 2.24) is 4.90 Å². The van der Waals surface area contributed by atoms with E-state index in [0.717, 1.165) is 11.1 Å². The zero-order valence-corrected chi connectivity index (χ0v) is 18.3. The fourth-order valence-corrected chi connectivity index (χ4v) is 4.06. The summed E-state index contributed by atoms with van der Waals surface area (Å²) in [5, 5.41) is 0. The summed E-state index contributed by atoms with van der Waals surface area (Å²) in [6.07, 6.45) is 1.19. The van der Waals surface area contributed by atoms with E-state index in [1.807, 2.05) is 37.3 Å². The van der Waals surface area contributed by atoms with Crippen molar-refractivity contribution >= 4 is 21.6 Å². The number of benzene rings is 3. The number of aryl methyl sites for hydroxylation is 1. The number of carbonyl (C=O) groups is 1. The number of nitrogens with zero attached hydrogens (tertiary/aromatic N) is 2. The van der Waals surface area contributed by atoms with Gasteiger partial charge in [0.15, 0.2) is 0 Å². The van der Waals surface area contributed by atoms with E-state index in [1.165, 1.54) is 16.1 Å².